The van der Waals surface area contributed by atoms with E-state index in [1.807, 2.05) is 20.8 Å². The molecule has 1 aliphatic rings. The Bertz CT molecular complexity index is 1680. The molecule has 2 N–H and O–H groups in total. The highest BCUT2D eigenvalue weighted by Gasteiger charge is 2.61. The third-order valence-electron chi connectivity index (χ3n) is 7.59. The summed E-state index contributed by atoms with van der Waals surface area (Å²) in [5.74, 6) is -5.50. The standard InChI is InChI=1S/C34H34Cl2F3N3O3/c1-32(2,3)16-26-34(17-40,22-13-10-18(35)14-25(22)38)27(21-8-7-9-23(36)28(21)39)29(42-26)30(43)41-19-11-12-20(24(37)15-19)31(44)45-33(4,5)6/h7-15,26-27,29,42H,16H2,1-6H3,(H,41,43)/t26?,27?,29-,34+/m1/s1. The second-order valence-corrected chi connectivity index (χ2v) is 14.2. The molecule has 4 atom stereocenters. The third-order valence-corrected chi connectivity index (χ3v) is 8.11. The number of nitrogens with one attached hydrogen (secondary N) is 2. The summed E-state index contributed by atoms with van der Waals surface area (Å²) in [6.07, 6.45) is 0.282. The summed E-state index contributed by atoms with van der Waals surface area (Å²) in [4.78, 5) is 26.5. The van der Waals surface area contributed by atoms with E-state index in [1.165, 1.54) is 42.5 Å². The van der Waals surface area contributed by atoms with E-state index in [1.54, 1.807) is 20.8 Å². The van der Waals surface area contributed by atoms with Crippen LogP contribution in [0.25, 0.3) is 0 Å². The summed E-state index contributed by atoms with van der Waals surface area (Å²) in [7, 11) is 0. The Labute approximate surface area is 270 Å². The predicted octanol–water partition coefficient (Wildman–Crippen LogP) is 8.33. The van der Waals surface area contributed by atoms with E-state index >= 15 is 13.2 Å². The quantitative estimate of drug-likeness (QED) is 0.260. The molecule has 1 heterocycles. The SMILES string of the molecule is CC(C)(C)CC1N[C@@H](C(=O)Nc2ccc(C(=O)OC(C)(C)C)c(F)c2)C(c2cccc(Cl)c2F)[C@@]1(C#N)c1ccc(Cl)cc1F. The number of esters is 1. The maximum atomic E-state index is 15.8. The van der Waals surface area contributed by atoms with E-state index in [0.717, 1.165) is 12.1 Å². The van der Waals surface area contributed by atoms with Crippen molar-refractivity contribution in [3.05, 3.63) is 98.8 Å². The number of hydrogen-bond acceptors (Lipinski definition) is 5. The van der Waals surface area contributed by atoms with Gasteiger partial charge in [0.15, 0.2) is 0 Å². The summed E-state index contributed by atoms with van der Waals surface area (Å²) < 4.78 is 51.9. The van der Waals surface area contributed by atoms with E-state index in [4.69, 9.17) is 27.9 Å². The molecule has 0 aliphatic carbocycles. The van der Waals surface area contributed by atoms with Gasteiger partial charge in [0.1, 0.15) is 28.5 Å². The first-order valence-electron chi connectivity index (χ1n) is 14.3. The lowest BCUT2D eigenvalue weighted by Crippen LogP contribution is -2.45. The highest BCUT2D eigenvalue weighted by molar-refractivity contribution is 6.31. The van der Waals surface area contributed by atoms with Crippen molar-refractivity contribution in [3.8, 4) is 6.07 Å². The molecule has 0 aromatic heterocycles. The maximum absolute atomic E-state index is 15.8. The van der Waals surface area contributed by atoms with E-state index in [2.05, 4.69) is 16.7 Å². The van der Waals surface area contributed by atoms with Crippen LogP contribution in [0.4, 0.5) is 18.9 Å². The first-order valence-corrected chi connectivity index (χ1v) is 15.0. The van der Waals surface area contributed by atoms with E-state index in [9.17, 15) is 14.9 Å². The Morgan fingerprint density at radius 2 is 1.69 bits per heavy atom. The number of carbonyl (C=O) groups excluding carboxylic acids is 2. The van der Waals surface area contributed by atoms with Gasteiger partial charge < -0.3 is 15.4 Å². The molecule has 3 aromatic carbocycles. The van der Waals surface area contributed by atoms with Crippen molar-refractivity contribution in [2.24, 2.45) is 5.41 Å². The van der Waals surface area contributed by atoms with Crippen molar-refractivity contribution < 1.29 is 27.5 Å². The molecule has 4 rings (SSSR count). The zero-order valence-corrected chi connectivity index (χ0v) is 27.2. The molecule has 11 heteroatoms. The van der Waals surface area contributed by atoms with Crippen LogP contribution in [0.5, 0.6) is 0 Å². The molecule has 1 saturated heterocycles. The summed E-state index contributed by atoms with van der Waals surface area (Å²) in [6, 6.07) is 11.7. The van der Waals surface area contributed by atoms with Crippen LogP contribution in [0.15, 0.2) is 54.6 Å². The van der Waals surface area contributed by atoms with Gasteiger partial charge in [-0.25, -0.2) is 18.0 Å². The van der Waals surface area contributed by atoms with Gasteiger partial charge in [-0.3, -0.25) is 4.79 Å². The minimum absolute atomic E-state index is 0.00331. The van der Waals surface area contributed by atoms with Crippen LogP contribution in [0.2, 0.25) is 10.0 Å². The van der Waals surface area contributed by atoms with Crippen LogP contribution in [-0.2, 0) is 14.9 Å². The molecule has 3 aromatic rings. The molecule has 0 saturated carbocycles. The van der Waals surface area contributed by atoms with Crippen LogP contribution in [0.3, 0.4) is 0 Å². The normalized spacial score (nSPS) is 21.7. The highest BCUT2D eigenvalue weighted by atomic mass is 35.5. The molecule has 0 spiro atoms. The minimum Gasteiger partial charge on any atom is -0.456 e. The van der Waals surface area contributed by atoms with Gasteiger partial charge in [-0.2, -0.15) is 5.26 Å². The van der Waals surface area contributed by atoms with Crippen molar-refractivity contribution >= 4 is 40.8 Å². The zero-order valence-electron chi connectivity index (χ0n) is 25.7. The Balaban J connectivity index is 1.85. The van der Waals surface area contributed by atoms with Crippen LogP contribution >= 0.6 is 23.2 Å². The molecule has 0 radical (unpaired) electrons. The van der Waals surface area contributed by atoms with E-state index in [0.29, 0.717) is 0 Å². The smallest absolute Gasteiger partial charge is 0.341 e. The number of ether oxygens (including phenoxy) is 1. The van der Waals surface area contributed by atoms with Crippen LogP contribution < -0.4 is 10.6 Å². The lowest BCUT2D eigenvalue weighted by Gasteiger charge is -2.37. The number of nitriles is 1. The second kappa shape index (κ2) is 12.7. The summed E-state index contributed by atoms with van der Waals surface area (Å²) >= 11 is 12.2. The molecule has 6 nitrogen and oxygen atoms in total. The molecule has 1 amide bonds. The molecular weight excluding hydrogens is 626 g/mol. The van der Waals surface area contributed by atoms with Crippen molar-refractivity contribution in [1.82, 2.24) is 5.32 Å². The molecule has 2 unspecified atom stereocenters. The van der Waals surface area contributed by atoms with E-state index in [-0.39, 0.29) is 38.8 Å². The van der Waals surface area contributed by atoms with Crippen molar-refractivity contribution in [3.63, 3.8) is 0 Å². The summed E-state index contributed by atoms with van der Waals surface area (Å²) in [6.45, 7) is 10.7. The second-order valence-electron chi connectivity index (χ2n) is 13.4. The number of benzene rings is 3. The third kappa shape index (κ3) is 7.14. The fourth-order valence-corrected chi connectivity index (χ4v) is 6.21. The molecule has 1 fully saturated rings. The average molecular weight is 661 g/mol. The Morgan fingerprint density at radius 1 is 1.00 bits per heavy atom. The fourth-order valence-electron chi connectivity index (χ4n) is 5.87. The van der Waals surface area contributed by atoms with Gasteiger partial charge in [-0.15, -0.1) is 0 Å². The predicted molar refractivity (Wildman–Crippen MR) is 168 cm³/mol. The Kier molecular flexibility index (Phi) is 9.65. The zero-order chi connectivity index (χ0) is 33.5. The first kappa shape index (κ1) is 34.3. The van der Waals surface area contributed by atoms with Gasteiger partial charge in [0.25, 0.3) is 0 Å². The summed E-state index contributed by atoms with van der Waals surface area (Å²) in [5.41, 5.74) is -3.56. The molecule has 1 aliphatic heterocycles. The van der Waals surface area contributed by atoms with Crippen LogP contribution in [-0.4, -0.2) is 29.6 Å². The molecule has 238 valence electrons. The van der Waals surface area contributed by atoms with Crippen molar-refractivity contribution in [1.29, 1.82) is 5.26 Å². The number of amides is 1. The highest BCUT2D eigenvalue weighted by Crippen LogP contribution is 2.53. The maximum Gasteiger partial charge on any atom is 0.341 e. The average Bonchev–Trinajstić information content (AvgIpc) is 3.22. The summed E-state index contributed by atoms with van der Waals surface area (Å²) in [5, 5.41) is 16.6. The van der Waals surface area contributed by atoms with Crippen molar-refractivity contribution in [2.45, 2.75) is 77.0 Å². The van der Waals surface area contributed by atoms with Gasteiger partial charge in [-0.05, 0) is 74.6 Å². The van der Waals surface area contributed by atoms with Crippen molar-refractivity contribution in [2.75, 3.05) is 5.32 Å². The van der Waals surface area contributed by atoms with Gasteiger partial charge in [0.2, 0.25) is 5.91 Å². The van der Waals surface area contributed by atoms with Crippen LogP contribution in [0.1, 0.15) is 75.4 Å². The van der Waals surface area contributed by atoms with Crippen LogP contribution in [0, 0.1) is 34.2 Å². The number of rotatable bonds is 6. The lowest BCUT2D eigenvalue weighted by atomic mass is 9.62. The minimum atomic E-state index is -1.82. The fraction of sp³-hybridized carbons (Fsp3) is 0.382. The Hall–Kier alpha value is -3.58. The number of halogens is 5. The Morgan fingerprint density at radius 3 is 2.27 bits per heavy atom. The number of nitrogens with zero attached hydrogens (tertiary/aromatic N) is 1. The molecular formula is C34H34Cl2F3N3O3. The monoisotopic (exact) mass is 659 g/mol. The van der Waals surface area contributed by atoms with Gasteiger partial charge in [0.05, 0.1) is 22.7 Å². The largest absolute Gasteiger partial charge is 0.456 e. The van der Waals surface area contributed by atoms with E-state index < -0.39 is 63.8 Å². The lowest BCUT2D eigenvalue weighted by molar-refractivity contribution is -0.118. The number of anilines is 1. The topological polar surface area (TPSA) is 91.2 Å². The number of carbonyl (C=O) groups is 2. The molecule has 45 heavy (non-hydrogen) atoms. The molecule has 0 bridgehead atoms. The first-order chi connectivity index (χ1) is 20.9. The van der Waals surface area contributed by atoms with Gasteiger partial charge >= 0.3 is 5.97 Å². The van der Waals surface area contributed by atoms with Gasteiger partial charge in [-0.1, -0.05) is 62.2 Å². The van der Waals surface area contributed by atoms with Gasteiger partial charge in [0, 0.05) is 28.2 Å². The number of hydrogen-bond donors (Lipinski definition) is 2.